The first-order valence-electron chi connectivity index (χ1n) is 7.02. The number of carbonyl (C=O) groups is 2. The Labute approximate surface area is 132 Å². The van der Waals surface area contributed by atoms with E-state index in [0.717, 1.165) is 0 Å². The second kappa shape index (κ2) is 7.39. The van der Waals surface area contributed by atoms with Crippen LogP contribution in [0, 0.1) is 6.92 Å². The number of carbonyl (C=O) groups excluding carboxylic acids is 1. The van der Waals surface area contributed by atoms with Gasteiger partial charge in [-0.2, -0.15) is 4.98 Å². The summed E-state index contributed by atoms with van der Waals surface area (Å²) in [6, 6.07) is 6.52. The van der Waals surface area contributed by atoms with E-state index in [1.54, 1.807) is 38.1 Å². The molecule has 0 spiro atoms. The van der Waals surface area contributed by atoms with E-state index in [-0.39, 0.29) is 19.1 Å². The molecule has 0 atom stereocenters. The monoisotopic (exact) mass is 319 g/mol. The number of likely N-dealkylation sites (N-methyl/N-ethyl adjacent to an activating group) is 1. The van der Waals surface area contributed by atoms with Gasteiger partial charge in [0, 0.05) is 19.0 Å². The van der Waals surface area contributed by atoms with E-state index >= 15 is 0 Å². The number of aromatic nitrogens is 2. The molecule has 0 saturated carbocycles. The number of aliphatic carboxylic acids is 1. The van der Waals surface area contributed by atoms with Gasteiger partial charge in [-0.05, 0) is 25.1 Å². The van der Waals surface area contributed by atoms with Crippen LogP contribution in [-0.2, 0) is 11.4 Å². The van der Waals surface area contributed by atoms with Crippen LogP contribution in [-0.4, -0.2) is 45.1 Å². The molecule has 0 fully saturated rings. The largest absolute Gasteiger partial charge is 0.485 e. The smallest absolute Gasteiger partial charge is 0.323 e. The number of hydrogen-bond acceptors (Lipinski definition) is 6. The average Bonchev–Trinajstić information content (AvgIpc) is 2.95. The second-order valence-electron chi connectivity index (χ2n) is 4.76. The third-order valence-electron chi connectivity index (χ3n) is 3.01. The maximum atomic E-state index is 12.3. The topological polar surface area (TPSA) is 106 Å². The highest BCUT2D eigenvalue weighted by Gasteiger charge is 2.17. The number of benzene rings is 1. The van der Waals surface area contributed by atoms with Crippen LogP contribution in [0.25, 0.3) is 0 Å². The summed E-state index contributed by atoms with van der Waals surface area (Å²) in [5, 5.41) is 12.5. The molecule has 1 aromatic carbocycles. The molecule has 0 saturated heterocycles. The Morgan fingerprint density at radius 2 is 2.17 bits per heavy atom. The number of hydrogen-bond donors (Lipinski definition) is 1. The number of amides is 1. The van der Waals surface area contributed by atoms with Crippen LogP contribution in [0.15, 0.2) is 28.8 Å². The third-order valence-corrected chi connectivity index (χ3v) is 3.01. The number of carboxylic acid groups (broad SMARTS) is 1. The molecular weight excluding hydrogens is 302 g/mol. The molecule has 23 heavy (non-hydrogen) atoms. The van der Waals surface area contributed by atoms with Crippen molar-refractivity contribution in [3.8, 4) is 5.75 Å². The normalized spacial score (nSPS) is 10.3. The van der Waals surface area contributed by atoms with E-state index in [4.69, 9.17) is 14.4 Å². The first-order chi connectivity index (χ1) is 11.0. The van der Waals surface area contributed by atoms with E-state index in [9.17, 15) is 9.59 Å². The lowest BCUT2D eigenvalue weighted by Crippen LogP contribution is -2.35. The lowest BCUT2D eigenvalue weighted by Gasteiger charge is -2.18. The predicted molar refractivity (Wildman–Crippen MR) is 79.0 cm³/mol. The summed E-state index contributed by atoms with van der Waals surface area (Å²) in [5.41, 5.74) is 0.356. The van der Waals surface area contributed by atoms with Gasteiger partial charge >= 0.3 is 5.97 Å². The summed E-state index contributed by atoms with van der Waals surface area (Å²) in [4.78, 5) is 28.4. The Hall–Kier alpha value is -2.90. The van der Waals surface area contributed by atoms with Crippen molar-refractivity contribution in [1.82, 2.24) is 15.0 Å². The number of aryl methyl sites for hydroxylation is 1. The molecule has 0 aliphatic carbocycles. The van der Waals surface area contributed by atoms with Gasteiger partial charge in [0.05, 0.1) is 0 Å². The zero-order chi connectivity index (χ0) is 16.8. The zero-order valence-corrected chi connectivity index (χ0v) is 12.9. The molecule has 0 aliphatic rings. The fraction of sp³-hybridized carbons (Fsp3) is 0.333. The zero-order valence-electron chi connectivity index (χ0n) is 12.9. The van der Waals surface area contributed by atoms with Crippen LogP contribution in [0.5, 0.6) is 5.75 Å². The minimum absolute atomic E-state index is 0.113. The molecule has 2 aromatic rings. The maximum absolute atomic E-state index is 12.3. The van der Waals surface area contributed by atoms with Gasteiger partial charge in [0.2, 0.25) is 11.7 Å². The van der Waals surface area contributed by atoms with E-state index in [1.807, 2.05) is 0 Å². The number of nitrogens with zero attached hydrogens (tertiary/aromatic N) is 3. The van der Waals surface area contributed by atoms with E-state index in [0.29, 0.717) is 29.6 Å². The van der Waals surface area contributed by atoms with Gasteiger partial charge in [-0.1, -0.05) is 11.2 Å². The van der Waals surface area contributed by atoms with Gasteiger partial charge in [0.25, 0.3) is 5.91 Å². The number of ether oxygens (including phenoxy) is 1. The standard InChI is InChI=1S/C15H17N3O5/c1-3-18(8-14(19)20)15(21)11-5-4-6-12(7-11)22-9-13-16-10(2)23-17-13/h4-7H,3,8-9H2,1-2H3,(H,19,20). The fourth-order valence-corrected chi connectivity index (χ4v) is 1.94. The Bertz CT molecular complexity index is 698. The highest BCUT2D eigenvalue weighted by atomic mass is 16.5. The molecule has 8 nitrogen and oxygen atoms in total. The lowest BCUT2D eigenvalue weighted by atomic mass is 10.2. The van der Waals surface area contributed by atoms with Gasteiger partial charge in [0.1, 0.15) is 12.3 Å². The molecule has 1 N–H and O–H groups in total. The number of rotatable bonds is 7. The summed E-state index contributed by atoms with van der Waals surface area (Å²) in [6.45, 7) is 3.47. The molecule has 2 rings (SSSR count). The molecule has 1 aromatic heterocycles. The van der Waals surface area contributed by atoms with Gasteiger partial charge in [-0.25, -0.2) is 0 Å². The van der Waals surface area contributed by atoms with Crippen molar-refractivity contribution in [2.75, 3.05) is 13.1 Å². The van der Waals surface area contributed by atoms with Crippen LogP contribution >= 0.6 is 0 Å². The summed E-state index contributed by atoms with van der Waals surface area (Å²) >= 11 is 0. The maximum Gasteiger partial charge on any atom is 0.323 e. The van der Waals surface area contributed by atoms with Crippen molar-refractivity contribution >= 4 is 11.9 Å². The average molecular weight is 319 g/mol. The predicted octanol–water partition coefficient (Wildman–Crippen LogP) is 1.50. The van der Waals surface area contributed by atoms with Crippen molar-refractivity contribution < 1.29 is 24.0 Å². The van der Waals surface area contributed by atoms with Gasteiger partial charge in [-0.15, -0.1) is 0 Å². The van der Waals surface area contributed by atoms with Crippen LogP contribution in [0.2, 0.25) is 0 Å². The molecule has 0 radical (unpaired) electrons. The van der Waals surface area contributed by atoms with E-state index in [2.05, 4.69) is 10.1 Å². The Morgan fingerprint density at radius 1 is 1.39 bits per heavy atom. The van der Waals surface area contributed by atoms with E-state index < -0.39 is 5.97 Å². The van der Waals surface area contributed by atoms with Crippen LogP contribution in [0.1, 0.15) is 29.0 Å². The first-order valence-corrected chi connectivity index (χ1v) is 7.02. The van der Waals surface area contributed by atoms with Crippen molar-refractivity contribution in [2.45, 2.75) is 20.5 Å². The quantitative estimate of drug-likeness (QED) is 0.824. The molecule has 8 heteroatoms. The fourth-order valence-electron chi connectivity index (χ4n) is 1.94. The Kier molecular flexibility index (Phi) is 5.29. The lowest BCUT2D eigenvalue weighted by molar-refractivity contribution is -0.137. The van der Waals surface area contributed by atoms with Crippen molar-refractivity contribution in [1.29, 1.82) is 0 Å². The molecule has 1 amide bonds. The third kappa shape index (κ3) is 4.53. The molecule has 1 heterocycles. The number of carboxylic acids is 1. The molecule has 0 bridgehead atoms. The van der Waals surface area contributed by atoms with Gasteiger partial charge in [-0.3, -0.25) is 9.59 Å². The van der Waals surface area contributed by atoms with Gasteiger partial charge < -0.3 is 19.3 Å². The van der Waals surface area contributed by atoms with Gasteiger partial charge in [0.15, 0.2) is 6.61 Å². The van der Waals surface area contributed by atoms with Crippen molar-refractivity contribution in [3.63, 3.8) is 0 Å². The first kappa shape index (κ1) is 16.5. The van der Waals surface area contributed by atoms with Crippen molar-refractivity contribution in [2.24, 2.45) is 0 Å². The highest BCUT2D eigenvalue weighted by Crippen LogP contribution is 2.16. The molecule has 0 unspecified atom stereocenters. The molecular formula is C15H17N3O5. The second-order valence-corrected chi connectivity index (χ2v) is 4.76. The molecule has 0 aliphatic heterocycles. The van der Waals surface area contributed by atoms with Crippen LogP contribution < -0.4 is 4.74 Å². The minimum Gasteiger partial charge on any atom is -0.485 e. The Morgan fingerprint density at radius 3 is 2.78 bits per heavy atom. The summed E-state index contributed by atoms with van der Waals surface area (Å²) in [6.07, 6.45) is 0. The summed E-state index contributed by atoms with van der Waals surface area (Å²) in [5.74, 6) is -0.111. The minimum atomic E-state index is -1.06. The summed E-state index contributed by atoms with van der Waals surface area (Å²) < 4.78 is 10.4. The summed E-state index contributed by atoms with van der Waals surface area (Å²) in [7, 11) is 0. The molecule has 122 valence electrons. The van der Waals surface area contributed by atoms with Crippen LogP contribution in [0.3, 0.4) is 0 Å². The van der Waals surface area contributed by atoms with Crippen LogP contribution in [0.4, 0.5) is 0 Å². The highest BCUT2D eigenvalue weighted by molar-refractivity contribution is 5.96. The SMILES string of the molecule is CCN(CC(=O)O)C(=O)c1cccc(OCc2noc(C)n2)c1. The van der Waals surface area contributed by atoms with E-state index in [1.165, 1.54) is 4.90 Å². The Balaban J connectivity index is 2.06. The van der Waals surface area contributed by atoms with Crippen molar-refractivity contribution in [3.05, 3.63) is 41.5 Å².